The van der Waals surface area contributed by atoms with Gasteiger partial charge in [0.2, 0.25) is 0 Å². The van der Waals surface area contributed by atoms with Gasteiger partial charge in [-0.25, -0.2) is 0 Å². The van der Waals surface area contributed by atoms with Crippen LogP contribution >= 0.6 is 8.03 Å². The topological polar surface area (TPSA) is 26.3 Å². The van der Waals surface area contributed by atoms with Gasteiger partial charge in [-0.05, 0) is 17.2 Å². The van der Waals surface area contributed by atoms with Crippen molar-refractivity contribution < 1.29 is 9.09 Å². The normalized spacial score (nSPS) is 15.4. The highest BCUT2D eigenvalue weighted by Gasteiger charge is 2.39. The van der Waals surface area contributed by atoms with Crippen LogP contribution in [0.25, 0.3) is 0 Å². The van der Waals surface area contributed by atoms with Crippen LogP contribution in [0.2, 0.25) is 39.3 Å². The first kappa shape index (κ1) is 15.2. The van der Waals surface area contributed by atoms with E-state index in [9.17, 15) is 4.57 Å². The third-order valence-electron chi connectivity index (χ3n) is 1.78. The molecule has 0 aliphatic rings. The van der Waals surface area contributed by atoms with Crippen molar-refractivity contribution >= 4 is 24.2 Å². The summed E-state index contributed by atoms with van der Waals surface area (Å²) in [6, 6.07) is 0. The fourth-order valence-corrected chi connectivity index (χ4v) is 9.33. The molecule has 0 aromatic heterocycles. The minimum Gasteiger partial charge on any atom is -0.143 e. The Hall–Kier alpha value is 0.234. The van der Waals surface area contributed by atoms with Crippen molar-refractivity contribution in [3.8, 4) is 0 Å². The first-order valence-electron chi connectivity index (χ1n) is 5.41. The van der Waals surface area contributed by atoms with E-state index in [4.69, 9.17) is 4.52 Å². The number of rotatable bonds is 5. The van der Waals surface area contributed by atoms with Gasteiger partial charge in [0, 0.05) is 0 Å². The molecular weight excluding hydrogens is 239 g/mol. The predicted molar refractivity (Wildman–Crippen MR) is 74.0 cm³/mol. The van der Waals surface area contributed by atoms with Gasteiger partial charge in [0.15, 0.2) is 4.94 Å². The van der Waals surface area contributed by atoms with E-state index in [0.717, 1.165) is 4.94 Å². The molecule has 1 unspecified atom stereocenters. The monoisotopic (exact) mass is 263 g/mol. The van der Waals surface area contributed by atoms with Gasteiger partial charge in [-0.2, -0.15) is 0 Å². The molecule has 0 rings (SSSR count). The van der Waals surface area contributed by atoms with Crippen LogP contribution in [-0.2, 0) is 9.09 Å². The Morgan fingerprint density at radius 3 is 1.93 bits per heavy atom. The standard InChI is InChI=1S/C10H24O2PSi2/c1-8-12-13(11)10(15(5,6)7)9-14(2,3)4/h9H,8H2,1-7H3/q+1/b10-9-. The van der Waals surface area contributed by atoms with Crippen molar-refractivity contribution in [3.05, 3.63) is 10.6 Å². The lowest BCUT2D eigenvalue weighted by Crippen LogP contribution is -2.27. The maximum atomic E-state index is 12.0. The highest BCUT2D eigenvalue weighted by molar-refractivity contribution is 7.50. The molecule has 0 saturated carbocycles. The average molecular weight is 263 g/mol. The lowest BCUT2D eigenvalue weighted by atomic mass is 10.9. The zero-order valence-corrected chi connectivity index (χ0v) is 13.9. The molecule has 1 atom stereocenters. The van der Waals surface area contributed by atoms with Crippen LogP contribution in [0.3, 0.4) is 0 Å². The summed E-state index contributed by atoms with van der Waals surface area (Å²) in [5, 5.41) is 0. The SMILES string of the molecule is CCO[P+](=O)/C(=C/[Si](C)(C)C)[Si](C)(C)C. The quantitative estimate of drug-likeness (QED) is 0.542. The van der Waals surface area contributed by atoms with Crippen LogP contribution in [-0.4, -0.2) is 22.8 Å². The van der Waals surface area contributed by atoms with Crippen molar-refractivity contribution in [3.63, 3.8) is 0 Å². The number of hydrogen-bond acceptors (Lipinski definition) is 2. The summed E-state index contributed by atoms with van der Waals surface area (Å²) < 4.78 is 17.3. The minimum absolute atomic E-state index is 0.530. The van der Waals surface area contributed by atoms with Crippen LogP contribution in [0.15, 0.2) is 10.6 Å². The van der Waals surface area contributed by atoms with E-state index in [0.29, 0.717) is 6.61 Å². The largest absolute Gasteiger partial charge is 0.537 e. The van der Waals surface area contributed by atoms with Crippen LogP contribution in [0.5, 0.6) is 0 Å². The third kappa shape index (κ3) is 6.41. The van der Waals surface area contributed by atoms with Crippen molar-refractivity contribution in [2.45, 2.75) is 46.2 Å². The molecule has 0 aliphatic heterocycles. The smallest absolute Gasteiger partial charge is 0.143 e. The summed E-state index contributed by atoms with van der Waals surface area (Å²) in [5.41, 5.74) is 2.27. The van der Waals surface area contributed by atoms with Crippen LogP contribution < -0.4 is 0 Å². The fourth-order valence-electron chi connectivity index (χ4n) is 1.14. The Balaban J connectivity index is 5.09. The summed E-state index contributed by atoms with van der Waals surface area (Å²) in [5.74, 6) is 0. The van der Waals surface area contributed by atoms with Crippen LogP contribution in [0.4, 0.5) is 0 Å². The first-order chi connectivity index (χ1) is 6.58. The Morgan fingerprint density at radius 2 is 1.67 bits per heavy atom. The van der Waals surface area contributed by atoms with Gasteiger partial charge in [0.05, 0.1) is 8.07 Å². The second-order valence-electron chi connectivity index (χ2n) is 5.82. The summed E-state index contributed by atoms with van der Waals surface area (Å²) in [4.78, 5) is 1.11. The lowest BCUT2D eigenvalue weighted by molar-refractivity contribution is 0.356. The molecule has 0 amide bonds. The molecule has 0 heterocycles. The van der Waals surface area contributed by atoms with Gasteiger partial charge in [-0.3, -0.25) is 0 Å². The molecule has 0 aliphatic carbocycles. The minimum atomic E-state index is -1.59. The van der Waals surface area contributed by atoms with Gasteiger partial charge in [-0.15, -0.1) is 4.52 Å². The molecule has 0 fully saturated rings. The molecular formula is C10H24O2PSi2+. The predicted octanol–water partition coefficient (Wildman–Crippen LogP) is 4.40. The van der Waals surface area contributed by atoms with Crippen molar-refractivity contribution in [2.75, 3.05) is 6.61 Å². The molecule has 0 aromatic rings. The van der Waals surface area contributed by atoms with E-state index in [1.165, 1.54) is 0 Å². The Morgan fingerprint density at radius 1 is 1.20 bits per heavy atom. The van der Waals surface area contributed by atoms with Crippen LogP contribution in [0.1, 0.15) is 6.92 Å². The van der Waals surface area contributed by atoms with E-state index < -0.39 is 24.2 Å². The maximum Gasteiger partial charge on any atom is 0.537 e. The highest BCUT2D eigenvalue weighted by atomic mass is 31.1. The van der Waals surface area contributed by atoms with Crippen molar-refractivity contribution in [1.82, 2.24) is 0 Å². The zero-order chi connectivity index (χ0) is 12.3. The highest BCUT2D eigenvalue weighted by Crippen LogP contribution is 2.40. The summed E-state index contributed by atoms with van der Waals surface area (Å²) in [6.07, 6.45) is 0. The molecule has 2 nitrogen and oxygen atoms in total. The summed E-state index contributed by atoms with van der Waals surface area (Å²) >= 11 is 0. The van der Waals surface area contributed by atoms with Crippen LogP contribution in [0, 0.1) is 0 Å². The van der Waals surface area contributed by atoms with E-state index >= 15 is 0 Å². The van der Waals surface area contributed by atoms with Crippen molar-refractivity contribution in [1.29, 1.82) is 0 Å². The van der Waals surface area contributed by atoms with Gasteiger partial charge >= 0.3 is 8.03 Å². The molecule has 88 valence electrons. The third-order valence-corrected chi connectivity index (χ3v) is 8.72. The summed E-state index contributed by atoms with van der Waals surface area (Å²) in [6.45, 7) is 15.9. The fraction of sp³-hybridized carbons (Fsp3) is 0.800. The van der Waals surface area contributed by atoms with Gasteiger partial charge in [0.1, 0.15) is 14.7 Å². The van der Waals surface area contributed by atoms with Gasteiger partial charge in [0.25, 0.3) is 0 Å². The molecule has 0 spiro atoms. The second-order valence-corrected chi connectivity index (χ2v) is 17.6. The van der Waals surface area contributed by atoms with E-state index in [-0.39, 0.29) is 0 Å². The van der Waals surface area contributed by atoms with E-state index in [1.807, 2.05) is 6.92 Å². The molecule has 0 N–H and O–H groups in total. The van der Waals surface area contributed by atoms with E-state index in [2.05, 4.69) is 45.0 Å². The van der Waals surface area contributed by atoms with Gasteiger partial charge in [-0.1, -0.05) is 39.3 Å². The van der Waals surface area contributed by atoms with Gasteiger partial charge < -0.3 is 0 Å². The molecule has 0 radical (unpaired) electrons. The number of hydrogen-bond donors (Lipinski definition) is 0. The molecule has 15 heavy (non-hydrogen) atoms. The summed E-state index contributed by atoms with van der Waals surface area (Å²) in [7, 11) is -4.41. The second kappa shape index (κ2) is 5.53. The molecule has 5 heteroatoms. The Labute approximate surface area is 97.0 Å². The Kier molecular flexibility index (Phi) is 5.61. The zero-order valence-electron chi connectivity index (χ0n) is 11.0. The molecule has 0 aromatic carbocycles. The maximum absolute atomic E-state index is 12.0. The molecule has 0 bridgehead atoms. The lowest BCUT2D eigenvalue weighted by Gasteiger charge is -2.15. The first-order valence-corrected chi connectivity index (χ1v) is 13.7. The Bertz CT molecular complexity index is 262. The average Bonchev–Trinajstić information content (AvgIpc) is 1.97. The van der Waals surface area contributed by atoms with E-state index in [1.54, 1.807) is 0 Å². The van der Waals surface area contributed by atoms with Crippen molar-refractivity contribution in [2.24, 2.45) is 0 Å². The molecule has 0 saturated heterocycles.